The standard InChI is InChI=1S/C26H35N2O4/c1-30-18-19-31-17-16-28-14-12-23(13-15-28)25(21-28)32-26(29)27(24-10-6-3-7-11-24)20-22-8-4-2-5-9-22/h2-11,23,25H,12-21H2,1H3/q+1. The van der Waals surface area contributed by atoms with Crippen LogP contribution in [-0.2, 0) is 20.8 Å². The molecule has 3 heterocycles. The van der Waals surface area contributed by atoms with Crippen molar-refractivity contribution in [2.75, 3.05) is 58.0 Å². The zero-order chi connectivity index (χ0) is 22.2. The van der Waals surface area contributed by atoms with Crippen LogP contribution in [0, 0.1) is 5.92 Å². The van der Waals surface area contributed by atoms with Crippen molar-refractivity contribution in [3.63, 3.8) is 0 Å². The topological polar surface area (TPSA) is 48.0 Å². The van der Waals surface area contributed by atoms with Crippen molar-refractivity contribution in [3.8, 4) is 0 Å². The number of methoxy groups -OCH3 is 1. The van der Waals surface area contributed by atoms with Gasteiger partial charge >= 0.3 is 6.09 Å². The molecular weight excluding hydrogens is 404 g/mol. The fraction of sp³-hybridized carbons (Fsp3) is 0.500. The van der Waals surface area contributed by atoms with E-state index < -0.39 is 0 Å². The Kier molecular flexibility index (Phi) is 7.79. The molecule has 1 unspecified atom stereocenters. The Morgan fingerprint density at radius 3 is 2.34 bits per heavy atom. The van der Waals surface area contributed by atoms with E-state index in [2.05, 4.69) is 0 Å². The molecule has 3 saturated heterocycles. The smallest absolute Gasteiger partial charge is 0.415 e. The number of carbonyl (C=O) groups excluding carboxylic acids is 1. The van der Waals surface area contributed by atoms with E-state index in [1.807, 2.05) is 60.7 Å². The SMILES string of the molecule is COCCOCC[N+]12CCC(CC1)C(OC(=O)N(Cc1ccccc1)c1ccccc1)C2. The molecule has 1 atom stereocenters. The van der Waals surface area contributed by atoms with Gasteiger partial charge in [0.25, 0.3) is 0 Å². The van der Waals surface area contributed by atoms with Gasteiger partial charge in [0.1, 0.15) is 13.1 Å². The van der Waals surface area contributed by atoms with Crippen LogP contribution in [0.5, 0.6) is 0 Å². The molecule has 0 radical (unpaired) electrons. The van der Waals surface area contributed by atoms with Crippen molar-refractivity contribution in [2.45, 2.75) is 25.5 Å². The second kappa shape index (κ2) is 10.9. The number of rotatable bonds is 10. The van der Waals surface area contributed by atoms with E-state index in [4.69, 9.17) is 14.2 Å². The van der Waals surface area contributed by atoms with Crippen molar-refractivity contribution >= 4 is 11.8 Å². The summed E-state index contributed by atoms with van der Waals surface area (Å²) in [5.41, 5.74) is 1.94. The van der Waals surface area contributed by atoms with Gasteiger partial charge in [-0.1, -0.05) is 48.5 Å². The molecule has 0 spiro atoms. The molecule has 0 N–H and O–H groups in total. The summed E-state index contributed by atoms with van der Waals surface area (Å²) >= 11 is 0. The molecule has 3 fully saturated rings. The summed E-state index contributed by atoms with van der Waals surface area (Å²) in [6.45, 7) is 6.63. The number of quaternary nitrogens is 1. The molecule has 172 valence electrons. The second-order valence-corrected chi connectivity index (χ2v) is 8.97. The van der Waals surface area contributed by atoms with Gasteiger partial charge in [-0.25, -0.2) is 4.79 Å². The number of para-hydroxylation sites is 1. The first-order chi connectivity index (χ1) is 15.7. The summed E-state index contributed by atoms with van der Waals surface area (Å²) in [7, 11) is 1.69. The summed E-state index contributed by atoms with van der Waals surface area (Å²) in [6, 6.07) is 19.9. The molecule has 2 aromatic carbocycles. The molecule has 2 aromatic rings. The molecule has 0 aliphatic carbocycles. The minimum atomic E-state index is -0.256. The van der Waals surface area contributed by atoms with E-state index in [1.165, 1.54) is 0 Å². The third kappa shape index (κ3) is 5.68. The van der Waals surface area contributed by atoms with Crippen LogP contribution in [0.25, 0.3) is 0 Å². The lowest BCUT2D eigenvalue weighted by atomic mass is 9.83. The number of ether oxygens (including phenoxy) is 3. The van der Waals surface area contributed by atoms with E-state index >= 15 is 0 Å². The Balaban J connectivity index is 1.41. The fourth-order valence-corrected chi connectivity index (χ4v) is 5.00. The van der Waals surface area contributed by atoms with Crippen molar-refractivity contribution in [1.82, 2.24) is 0 Å². The van der Waals surface area contributed by atoms with Crippen LogP contribution in [-0.4, -0.2) is 69.8 Å². The summed E-state index contributed by atoms with van der Waals surface area (Å²) in [5.74, 6) is 0.461. The number of nitrogens with zero attached hydrogens (tertiary/aromatic N) is 2. The van der Waals surface area contributed by atoms with Gasteiger partial charge < -0.3 is 18.7 Å². The summed E-state index contributed by atoms with van der Waals surface area (Å²) < 4.78 is 18.0. The first kappa shape index (κ1) is 22.8. The third-order valence-corrected chi connectivity index (χ3v) is 6.91. The molecule has 2 bridgehead atoms. The Bertz CT molecular complexity index is 837. The first-order valence-corrected chi connectivity index (χ1v) is 11.7. The zero-order valence-electron chi connectivity index (χ0n) is 19.0. The van der Waals surface area contributed by atoms with Crippen LogP contribution in [0.3, 0.4) is 0 Å². The highest BCUT2D eigenvalue weighted by atomic mass is 16.6. The lowest BCUT2D eigenvalue weighted by molar-refractivity contribution is -0.946. The Labute approximate surface area is 191 Å². The third-order valence-electron chi connectivity index (χ3n) is 6.91. The van der Waals surface area contributed by atoms with Crippen molar-refractivity contribution < 1.29 is 23.5 Å². The summed E-state index contributed by atoms with van der Waals surface area (Å²) in [5, 5.41) is 0. The number of benzene rings is 2. The predicted molar refractivity (Wildman–Crippen MR) is 124 cm³/mol. The summed E-state index contributed by atoms with van der Waals surface area (Å²) in [4.78, 5) is 15.1. The van der Waals surface area contributed by atoms with E-state index in [0.717, 1.165) is 61.4 Å². The largest absolute Gasteiger partial charge is 0.440 e. The molecule has 1 amide bonds. The minimum absolute atomic E-state index is 0.0361. The first-order valence-electron chi connectivity index (χ1n) is 11.7. The lowest BCUT2D eigenvalue weighted by Crippen LogP contribution is -2.65. The molecule has 3 aliphatic rings. The van der Waals surface area contributed by atoms with Crippen molar-refractivity contribution in [2.24, 2.45) is 5.92 Å². The van der Waals surface area contributed by atoms with Gasteiger partial charge in [-0.05, 0) is 17.7 Å². The lowest BCUT2D eigenvalue weighted by Gasteiger charge is -2.52. The average molecular weight is 440 g/mol. The van der Waals surface area contributed by atoms with E-state index in [9.17, 15) is 4.79 Å². The van der Waals surface area contributed by atoms with Gasteiger partial charge in [-0.2, -0.15) is 0 Å². The number of hydrogen-bond acceptors (Lipinski definition) is 4. The van der Waals surface area contributed by atoms with Crippen molar-refractivity contribution in [1.29, 1.82) is 0 Å². The highest BCUT2D eigenvalue weighted by molar-refractivity contribution is 5.87. The van der Waals surface area contributed by atoms with Gasteiger partial charge in [-0.3, -0.25) is 4.90 Å². The monoisotopic (exact) mass is 439 g/mol. The van der Waals surface area contributed by atoms with Crippen LogP contribution >= 0.6 is 0 Å². The molecule has 6 nitrogen and oxygen atoms in total. The number of amides is 1. The highest BCUT2D eigenvalue weighted by Crippen LogP contribution is 2.36. The van der Waals surface area contributed by atoms with Gasteiger partial charge in [0.2, 0.25) is 0 Å². The van der Waals surface area contributed by atoms with E-state index in [0.29, 0.717) is 25.7 Å². The maximum atomic E-state index is 13.4. The maximum Gasteiger partial charge on any atom is 0.415 e. The van der Waals surface area contributed by atoms with E-state index in [1.54, 1.807) is 12.0 Å². The number of anilines is 1. The molecule has 32 heavy (non-hydrogen) atoms. The quantitative estimate of drug-likeness (QED) is 0.413. The van der Waals surface area contributed by atoms with Crippen LogP contribution in [0.1, 0.15) is 18.4 Å². The van der Waals surface area contributed by atoms with Crippen LogP contribution < -0.4 is 4.90 Å². The average Bonchev–Trinajstić information content (AvgIpc) is 2.84. The molecular formula is C26H35N2O4+. The highest BCUT2D eigenvalue weighted by Gasteiger charge is 2.47. The van der Waals surface area contributed by atoms with Crippen LogP contribution in [0.15, 0.2) is 60.7 Å². The Morgan fingerprint density at radius 2 is 1.66 bits per heavy atom. The molecule has 0 saturated carbocycles. The normalized spacial score (nSPS) is 24.3. The predicted octanol–water partition coefficient (Wildman–Crippen LogP) is 4.10. The molecule has 3 aliphatic heterocycles. The fourth-order valence-electron chi connectivity index (χ4n) is 5.00. The molecule has 5 rings (SSSR count). The number of hydrogen-bond donors (Lipinski definition) is 0. The molecule has 0 aromatic heterocycles. The minimum Gasteiger partial charge on any atom is -0.440 e. The van der Waals surface area contributed by atoms with Gasteiger partial charge in [0, 0.05) is 31.6 Å². The Hall–Kier alpha value is -2.41. The van der Waals surface area contributed by atoms with Gasteiger partial charge in [0.15, 0.2) is 6.10 Å². The van der Waals surface area contributed by atoms with E-state index in [-0.39, 0.29) is 12.2 Å². The van der Waals surface area contributed by atoms with Crippen LogP contribution in [0.4, 0.5) is 10.5 Å². The summed E-state index contributed by atoms with van der Waals surface area (Å²) in [6.07, 6.45) is 1.93. The number of carbonyl (C=O) groups is 1. The second-order valence-electron chi connectivity index (χ2n) is 8.97. The Morgan fingerprint density at radius 1 is 0.969 bits per heavy atom. The number of fused-ring (bicyclic) bond motifs is 3. The van der Waals surface area contributed by atoms with Crippen LogP contribution in [0.2, 0.25) is 0 Å². The number of piperidine rings is 3. The van der Waals surface area contributed by atoms with Gasteiger partial charge in [0.05, 0.1) is 39.5 Å². The maximum absolute atomic E-state index is 13.4. The van der Waals surface area contributed by atoms with Gasteiger partial charge in [-0.15, -0.1) is 0 Å². The van der Waals surface area contributed by atoms with Crippen molar-refractivity contribution in [3.05, 3.63) is 66.2 Å². The zero-order valence-corrected chi connectivity index (χ0v) is 19.0. The molecule has 6 heteroatoms.